The molecule has 594 valence electrons. The van der Waals surface area contributed by atoms with Crippen LogP contribution in [0.5, 0.6) is 0 Å². The average Bonchev–Trinajstić information content (AvgIpc) is 1.85. The molecular weight excluding hydrogens is 1300 g/mol. The molecule has 0 spiro atoms. The largest absolute Gasteiger partial charge is 0.469 e. The van der Waals surface area contributed by atoms with E-state index in [0.717, 1.165) is 193 Å². The molecule has 0 saturated carbocycles. The highest BCUT2D eigenvalue weighted by Gasteiger charge is 2.14. The molecule has 2 N–H and O–H groups in total. The summed E-state index contributed by atoms with van der Waals surface area (Å²) in [4.78, 5) is 17.7. The van der Waals surface area contributed by atoms with E-state index in [4.69, 9.17) is 9.79 Å². The van der Waals surface area contributed by atoms with E-state index in [1.165, 1.54) is 157 Å². The Bertz CT molecular complexity index is 3070. The van der Waals surface area contributed by atoms with Gasteiger partial charge < -0.3 is 9.79 Å². The molecule has 0 bridgehead atoms. The van der Waals surface area contributed by atoms with E-state index in [2.05, 4.69) is 265 Å². The van der Waals surface area contributed by atoms with Crippen molar-refractivity contribution in [3.05, 3.63) is 221 Å². The maximum atomic E-state index is 10.9. The number of hydrogen-bond acceptors (Lipinski definition) is 2. The molecule has 1 unspecified atom stereocenters. The van der Waals surface area contributed by atoms with Crippen LogP contribution in [0.1, 0.15) is 396 Å². The maximum Gasteiger partial charge on any atom is 0.469 e. The van der Waals surface area contributed by atoms with Crippen LogP contribution in [0.25, 0.3) is 0 Å². The molecule has 1 atom stereocenters. The van der Waals surface area contributed by atoms with Gasteiger partial charge in [-0.1, -0.05) is 228 Å². The van der Waals surface area contributed by atoms with Crippen LogP contribution < -0.4 is 0 Å². The first-order valence-electron chi connectivity index (χ1n) is 42.1. The summed E-state index contributed by atoms with van der Waals surface area (Å²) in [5, 5.41) is 0. The van der Waals surface area contributed by atoms with Gasteiger partial charge in [-0.15, -0.1) is 0 Å². The third-order valence-corrected chi connectivity index (χ3v) is 21.2. The Hall–Kier alpha value is -4.83. The smallest absolute Gasteiger partial charge is 0.303 e. The molecule has 0 amide bonds. The van der Waals surface area contributed by atoms with Gasteiger partial charge in [0.25, 0.3) is 0 Å². The molecule has 0 rings (SSSR count). The molecule has 0 aromatic rings. The van der Waals surface area contributed by atoms with Crippen molar-refractivity contribution in [2.45, 2.75) is 396 Å². The van der Waals surface area contributed by atoms with Crippen LogP contribution in [-0.4, -0.2) is 16.4 Å². The summed E-state index contributed by atoms with van der Waals surface area (Å²) in [5.74, 6) is 0.371. The van der Waals surface area contributed by atoms with Crippen LogP contribution in [0.15, 0.2) is 221 Å². The first-order valence-corrected chi connectivity index (χ1v) is 43.6. The lowest BCUT2D eigenvalue weighted by atomic mass is 10.0. The van der Waals surface area contributed by atoms with Gasteiger partial charge in [-0.05, 0) is 395 Å². The topological polar surface area (TPSA) is 66.8 Å². The lowest BCUT2D eigenvalue weighted by Crippen LogP contribution is -2.00. The number of rotatable bonds is 61. The molecule has 0 aliphatic rings. The average molecular weight is 1460 g/mol. The van der Waals surface area contributed by atoms with Crippen LogP contribution in [0.3, 0.4) is 0 Å². The summed E-state index contributed by atoms with van der Waals surface area (Å²) in [7, 11) is -4.36. The second-order valence-electron chi connectivity index (χ2n) is 32.7. The van der Waals surface area contributed by atoms with Crippen molar-refractivity contribution in [1.29, 1.82) is 0 Å². The van der Waals surface area contributed by atoms with Crippen molar-refractivity contribution in [2.75, 3.05) is 6.61 Å². The van der Waals surface area contributed by atoms with Gasteiger partial charge in [-0.2, -0.15) is 0 Å². The SMILES string of the molecule is CC(C)=CCCC(C)=CCCC(C)=CCCC(C)=CCCC(C)=CCCC(C)=CCCC(C)=CCCC(C)=CCCC(C)=CCCC(C)=CCCC(C)=CCCC(C)=CCCC(C)=CCCC(C)=CCCC(C)=CCCC(C)=CCCC(C)=CCCC(C)=CCCC(C)=CCCC(C)CCOP(=O)(O)O. The highest BCUT2D eigenvalue weighted by Crippen LogP contribution is 2.36. The third-order valence-electron chi connectivity index (χ3n) is 20.6. The molecule has 0 heterocycles. The van der Waals surface area contributed by atoms with Crippen molar-refractivity contribution in [1.82, 2.24) is 0 Å². The molecule has 0 aromatic heterocycles. The molecule has 0 fully saturated rings. The van der Waals surface area contributed by atoms with Crippen LogP contribution in [-0.2, 0) is 9.09 Å². The summed E-state index contributed by atoms with van der Waals surface area (Å²) in [6.07, 6.45) is 90.5. The Morgan fingerprint density at radius 1 is 0.219 bits per heavy atom. The van der Waals surface area contributed by atoms with Gasteiger partial charge in [0.1, 0.15) is 0 Å². The standard InChI is InChI=1S/C100H165O4P/c1-81(2)41-22-42-82(3)43-23-44-83(4)45-24-46-84(5)47-25-48-85(6)49-26-50-86(7)51-27-52-87(8)53-28-54-88(9)55-29-56-89(10)57-30-58-90(11)59-31-60-91(12)61-32-62-92(13)63-33-64-93(14)65-34-66-94(15)67-35-68-95(16)69-36-70-96(17)71-37-72-97(18)73-38-74-98(19)75-39-76-99(20)77-40-78-100(21)79-80-104-105(101,102)103/h41,43,45,47,49,51,53,55,57,59,61,63,65,67,69,71,73,75,77,100H,22-40,42,44,46,48,50,52,54,56,58,60,62,64,66,68,70,72,74,76,78-80H2,1-21H3,(H2,101,102,103). The highest BCUT2D eigenvalue weighted by molar-refractivity contribution is 7.46. The third kappa shape index (κ3) is 69.4. The molecule has 0 aliphatic heterocycles. The second kappa shape index (κ2) is 65.1. The van der Waals surface area contributed by atoms with Gasteiger partial charge in [0.15, 0.2) is 0 Å². The predicted molar refractivity (Wildman–Crippen MR) is 474 cm³/mol. The molecular formula is C100H165O4P. The monoisotopic (exact) mass is 1460 g/mol. The van der Waals surface area contributed by atoms with Gasteiger partial charge in [-0.25, -0.2) is 4.57 Å². The number of phosphoric acid groups is 1. The molecule has 0 saturated heterocycles. The zero-order valence-corrected chi connectivity index (χ0v) is 73.4. The van der Waals surface area contributed by atoms with Crippen LogP contribution in [0, 0.1) is 5.92 Å². The van der Waals surface area contributed by atoms with E-state index in [1.807, 2.05) is 0 Å². The molecule has 5 heteroatoms. The molecule has 105 heavy (non-hydrogen) atoms. The van der Waals surface area contributed by atoms with Gasteiger partial charge >= 0.3 is 7.82 Å². The number of allylic oxidation sites excluding steroid dienone is 38. The fourth-order valence-electron chi connectivity index (χ4n) is 12.8. The Kier molecular flexibility index (Phi) is 62.1. The zero-order chi connectivity index (χ0) is 78.5. The first-order chi connectivity index (χ1) is 49.9. The number of phosphoric ester groups is 1. The van der Waals surface area contributed by atoms with Gasteiger partial charge in [0.2, 0.25) is 0 Å². The van der Waals surface area contributed by atoms with Crippen LogP contribution in [0.2, 0.25) is 0 Å². The quantitative estimate of drug-likeness (QED) is 0.0470. The molecule has 0 aliphatic carbocycles. The summed E-state index contributed by atoms with van der Waals surface area (Å²) < 4.78 is 15.4. The minimum absolute atomic E-state index is 0.104. The fourth-order valence-corrected chi connectivity index (χ4v) is 13.2. The Morgan fingerprint density at radius 2 is 0.343 bits per heavy atom. The van der Waals surface area contributed by atoms with Gasteiger partial charge in [-0.3, -0.25) is 4.52 Å². The summed E-state index contributed by atoms with van der Waals surface area (Å²) in [6, 6.07) is 0. The fraction of sp³-hybridized carbons (Fsp3) is 0.620. The maximum absolute atomic E-state index is 10.9. The van der Waals surface area contributed by atoms with E-state index in [-0.39, 0.29) is 6.61 Å². The summed E-state index contributed by atoms with van der Waals surface area (Å²) in [6.45, 7) is 48.0. The van der Waals surface area contributed by atoms with E-state index in [9.17, 15) is 4.57 Å². The Balaban J connectivity index is 4.35. The van der Waals surface area contributed by atoms with Crippen molar-refractivity contribution in [2.24, 2.45) is 5.92 Å². The Morgan fingerprint density at radius 3 is 0.467 bits per heavy atom. The van der Waals surface area contributed by atoms with Crippen molar-refractivity contribution >= 4 is 7.82 Å². The van der Waals surface area contributed by atoms with Gasteiger partial charge in [0.05, 0.1) is 6.61 Å². The lowest BCUT2D eigenvalue weighted by molar-refractivity contribution is 0.185. The number of hydrogen-bond donors (Lipinski definition) is 2. The van der Waals surface area contributed by atoms with Crippen molar-refractivity contribution in [3.63, 3.8) is 0 Å². The Labute approximate surface area is 652 Å². The van der Waals surface area contributed by atoms with E-state index in [0.29, 0.717) is 12.3 Å². The normalized spacial score (nSPS) is 15.5. The summed E-state index contributed by atoms with van der Waals surface area (Å²) in [5.41, 5.74) is 28.6. The minimum Gasteiger partial charge on any atom is -0.303 e. The van der Waals surface area contributed by atoms with E-state index >= 15 is 0 Å². The van der Waals surface area contributed by atoms with E-state index < -0.39 is 7.82 Å². The first kappa shape index (κ1) is 100. The molecule has 0 aromatic carbocycles. The zero-order valence-electron chi connectivity index (χ0n) is 72.5. The highest BCUT2D eigenvalue weighted by atomic mass is 31.2. The van der Waals surface area contributed by atoms with Crippen molar-refractivity contribution in [3.8, 4) is 0 Å². The predicted octanol–water partition coefficient (Wildman–Crippen LogP) is 33.9. The molecule has 0 radical (unpaired) electrons. The van der Waals surface area contributed by atoms with Crippen LogP contribution in [0.4, 0.5) is 0 Å². The van der Waals surface area contributed by atoms with Crippen molar-refractivity contribution < 1.29 is 18.9 Å². The summed E-state index contributed by atoms with van der Waals surface area (Å²) >= 11 is 0. The second-order valence-corrected chi connectivity index (χ2v) is 33.9. The van der Waals surface area contributed by atoms with Gasteiger partial charge in [0, 0.05) is 0 Å². The minimum atomic E-state index is -4.36. The van der Waals surface area contributed by atoms with Crippen LogP contribution >= 0.6 is 7.82 Å². The van der Waals surface area contributed by atoms with E-state index in [1.54, 1.807) is 0 Å². The lowest BCUT2D eigenvalue weighted by Gasteiger charge is -2.11. The molecule has 4 nitrogen and oxygen atoms in total.